The van der Waals surface area contributed by atoms with Crippen LogP contribution in [0, 0.1) is 0 Å². The van der Waals surface area contributed by atoms with Crippen LogP contribution in [0.3, 0.4) is 0 Å². The van der Waals surface area contributed by atoms with E-state index in [4.69, 9.17) is 21.7 Å². The number of thiocarbonyl (C=S) groups is 1. The quantitative estimate of drug-likeness (QED) is 0.465. The molecule has 2 amide bonds. The molecule has 3 N–H and O–H groups in total. The van der Waals surface area contributed by atoms with Crippen molar-refractivity contribution in [2.45, 2.75) is 6.42 Å². The first-order chi connectivity index (χ1) is 13.5. The zero-order valence-electron chi connectivity index (χ0n) is 15.8. The molecule has 0 saturated heterocycles. The van der Waals surface area contributed by atoms with E-state index in [1.807, 2.05) is 0 Å². The van der Waals surface area contributed by atoms with Gasteiger partial charge in [0, 0.05) is 37.1 Å². The average molecular weight is 401 g/mol. The third kappa shape index (κ3) is 6.64. The van der Waals surface area contributed by atoms with Crippen LogP contribution in [0.2, 0.25) is 0 Å². The van der Waals surface area contributed by atoms with Crippen molar-refractivity contribution in [3.8, 4) is 5.75 Å². The lowest BCUT2D eigenvalue weighted by atomic mass is 10.2. The number of anilines is 1. The standard InChI is InChI=1S/C20H23N3O4S/c1-26-13-3-12-21-18(24)14-4-8-16(9-5-14)22-20(28)23-19(25)15-6-10-17(27-2)11-7-15/h4-11H,3,12-13H2,1-2H3,(H,21,24)(H2,22,23,25,28). The third-order valence-corrected chi connectivity index (χ3v) is 4.00. The van der Waals surface area contributed by atoms with Gasteiger partial charge in [0.2, 0.25) is 0 Å². The summed E-state index contributed by atoms with van der Waals surface area (Å²) in [6, 6.07) is 13.5. The molecule has 0 fully saturated rings. The Hall–Kier alpha value is -2.97. The molecular weight excluding hydrogens is 378 g/mol. The van der Waals surface area contributed by atoms with E-state index in [2.05, 4.69) is 16.0 Å². The van der Waals surface area contributed by atoms with Gasteiger partial charge in [0.25, 0.3) is 11.8 Å². The van der Waals surface area contributed by atoms with Crippen LogP contribution < -0.4 is 20.7 Å². The van der Waals surface area contributed by atoms with Gasteiger partial charge in [0.05, 0.1) is 7.11 Å². The van der Waals surface area contributed by atoms with E-state index < -0.39 is 0 Å². The van der Waals surface area contributed by atoms with Crippen molar-refractivity contribution in [3.63, 3.8) is 0 Å². The molecule has 0 saturated carbocycles. The highest BCUT2D eigenvalue weighted by Gasteiger charge is 2.09. The lowest BCUT2D eigenvalue weighted by Crippen LogP contribution is -2.34. The number of methoxy groups -OCH3 is 2. The van der Waals surface area contributed by atoms with Gasteiger partial charge in [0.1, 0.15) is 5.75 Å². The molecule has 0 bridgehead atoms. The van der Waals surface area contributed by atoms with E-state index in [1.165, 1.54) is 0 Å². The number of hydrogen-bond acceptors (Lipinski definition) is 5. The average Bonchev–Trinajstić information content (AvgIpc) is 2.71. The van der Waals surface area contributed by atoms with E-state index in [0.717, 1.165) is 6.42 Å². The highest BCUT2D eigenvalue weighted by atomic mass is 32.1. The highest BCUT2D eigenvalue weighted by molar-refractivity contribution is 7.80. The molecule has 2 aromatic carbocycles. The summed E-state index contributed by atoms with van der Waals surface area (Å²) in [6.45, 7) is 1.15. The van der Waals surface area contributed by atoms with Gasteiger partial charge in [0.15, 0.2) is 5.11 Å². The van der Waals surface area contributed by atoms with Gasteiger partial charge in [-0.05, 0) is 67.2 Å². The summed E-state index contributed by atoms with van der Waals surface area (Å²) < 4.78 is 10.0. The number of amides is 2. The molecule has 0 unspecified atom stereocenters. The molecule has 0 spiro atoms. The second-order valence-corrected chi connectivity index (χ2v) is 6.22. The SMILES string of the molecule is COCCCNC(=O)c1ccc(NC(=S)NC(=O)c2ccc(OC)cc2)cc1. The Morgan fingerprint density at radius 1 is 0.929 bits per heavy atom. The lowest BCUT2D eigenvalue weighted by Gasteiger charge is -2.11. The molecule has 0 radical (unpaired) electrons. The van der Waals surface area contributed by atoms with Crippen molar-refractivity contribution in [1.82, 2.24) is 10.6 Å². The minimum atomic E-state index is -0.327. The van der Waals surface area contributed by atoms with Gasteiger partial charge in [-0.3, -0.25) is 14.9 Å². The predicted octanol–water partition coefficient (Wildman–Crippen LogP) is 2.59. The van der Waals surface area contributed by atoms with E-state index in [9.17, 15) is 9.59 Å². The maximum Gasteiger partial charge on any atom is 0.257 e. The van der Waals surface area contributed by atoms with Gasteiger partial charge in [-0.2, -0.15) is 0 Å². The molecule has 8 heteroatoms. The summed E-state index contributed by atoms with van der Waals surface area (Å²) in [5, 5.41) is 8.51. The number of hydrogen-bond donors (Lipinski definition) is 3. The summed E-state index contributed by atoms with van der Waals surface area (Å²) in [5.74, 6) is 0.185. The van der Waals surface area contributed by atoms with Gasteiger partial charge in [-0.1, -0.05) is 0 Å². The number of carbonyl (C=O) groups excluding carboxylic acids is 2. The van der Waals surface area contributed by atoms with E-state index in [1.54, 1.807) is 62.8 Å². The van der Waals surface area contributed by atoms with Crippen molar-refractivity contribution in [1.29, 1.82) is 0 Å². The van der Waals surface area contributed by atoms with Gasteiger partial charge in [-0.15, -0.1) is 0 Å². The van der Waals surface area contributed by atoms with Crippen LogP contribution in [0.15, 0.2) is 48.5 Å². The first kappa shape index (κ1) is 21.3. The lowest BCUT2D eigenvalue weighted by molar-refractivity contribution is 0.0946. The summed E-state index contributed by atoms with van der Waals surface area (Å²) >= 11 is 5.17. The van der Waals surface area contributed by atoms with Gasteiger partial charge < -0.3 is 20.1 Å². The Balaban J connectivity index is 1.84. The zero-order chi connectivity index (χ0) is 20.4. The zero-order valence-corrected chi connectivity index (χ0v) is 16.6. The molecular formula is C20H23N3O4S. The Kier molecular flexibility index (Phi) is 8.38. The van der Waals surface area contributed by atoms with Crippen LogP contribution in [0.1, 0.15) is 27.1 Å². The molecule has 0 atom stereocenters. The number of nitrogens with one attached hydrogen (secondary N) is 3. The summed E-state index contributed by atoms with van der Waals surface area (Å²) in [7, 11) is 3.18. The first-order valence-corrected chi connectivity index (χ1v) is 9.08. The molecule has 2 aromatic rings. The minimum Gasteiger partial charge on any atom is -0.497 e. The molecule has 0 aromatic heterocycles. The smallest absolute Gasteiger partial charge is 0.257 e. The minimum absolute atomic E-state index is 0.155. The van der Waals surface area contributed by atoms with Crippen LogP contribution in [0.25, 0.3) is 0 Å². The summed E-state index contributed by atoms with van der Waals surface area (Å²) in [6.07, 6.45) is 0.754. The van der Waals surface area contributed by atoms with Crippen LogP contribution in [0.5, 0.6) is 5.75 Å². The molecule has 7 nitrogen and oxygen atoms in total. The van der Waals surface area contributed by atoms with E-state index >= 15 is 0 Å². The largest absolute Gasteiger partial charge is 0.497 e. The molecule has 148 valence electrons. The maximum absolute atomic E-state index is 12.2. The second kappa shape index (κ2) is 11.0. The molecule has 0 heterocycles. The van der Waals surface area contributed by atoms with E-state index in [0.29, 0.717) is 35.7 Å². The topological polar surface area (TPSA) is 88.7 Å². The van der Waals surface area contributed by atoms with Crippen molar-refractivity contribution < 1.29 is 19.1 Å². The number of ether oxygens (including phenoxy) is 2. The summed E-state index contributed by atoms with van der Waals surface area (Å²) in [4.78, 5) is 24.2. The van der Waals surface area contributed by atoms with Crippen LogP contribution in [-0.2, 0) is 4.74 Å². The first-order valence-electron chi connectivity index (χ1n) is 8.67. The molecule has 0 aliphatic heterocycles. The Morgan fingerprint density at radius 2 is 1.54 bits per heavy atom. The van der Waals surface area contributed by atoms with Crippen LogP contribution in [0.4, 0.5) is 5.69 Å². The van der Waals surface area contributed by atoms with Crippen molar-refractivity contribution >= 4 is 34.8 Å². The van der Waals surface area contributed by atoms with E-state index in [-0.39, 0.29) is 16.9 Å². The van der Waals surface area contributed by atoms with Crippen molar-refractivity contribution in [2.24, 2.45) is 0 Å². The molecule has 28 heavy (non-hydrogen) atoms. The third-order valence-electron chi connectivity index (χ3n) is 3.80. The van der Waals surface area contributed by atoms with Gasteiger partial charge in [-0.25, -0.2) is 0 Å². The van der Waals surface area contributed by atoms with Crippen LogP contribution in [-0.4, -0.2) is 44.3 Å². The molecule has 2 rings (SSSR count). The fraction of sp³-hybridized carbons (Fsp3) is 0.250. The fourth-order valence-electron chi connectivity index (χ4n) is 2.31. The maximum atomic E-state index is 12.2. The molecule has 0 aliphatic carbocycles. The number of carbonyl (C=O) groups is 2. The predicted molar refractivity (Wildman–Crippen MR) is 112 cm³/mol. The van der Waals surface area contributed by atoms with Crippen molar-refractivity contribution in [2.75, 3.05) is 32.7 Å². The Bertz CT molecular complexity index is 807. The Morgan fingerprint density at radius 3 is 2.14 bits per heavy atom. The van der Waals surface area contributed by atoms with Crippen LogP contribution >= 0.6 is 12.2 Å². The fourth-order valence-corrected chi connectivity index (χ4v) is 2.52. The Labute approximate surface area is 169 Å². The van der Waals surface area contributed by atoms with Gasteiger partial charge >= 0.3 is 0 Å². The second-order valence-electron chi connectivity index (χ2n) is 5.82. The number of benzene rings is 2. The normalized spacial score (nSPS) is 10.1. The molecule has 0 aliphatic rings. The highest BCUT2D eigenvalue weighted by Crippen LogP contribution is 2.12. The monoisotopic (exact) mass is 401 g/mol. The summed E-state index contributed by atoms with van der Waals surface area (Å²) in [5.41, 5.74) is 1.66. The number of rotatable bonds is 8. The van der Waals surface area contributed by atoms with Crippen molar-refractivity contribution in [3.05, 3.63) is 59.7 Å².